The van der Waals surface area contributed by atoms with Gasteiger partial charge in [-0.25, -0.2) is 18.4 Å². The van der Waals surface area contributed by atoms with Gasteiger partial charge in [-0.1, -0.05) is 36.4 Å². The molecule has 1 aliphatic rings. The van der Waals surface area contributed by atoms with Crippen molar-refractivity contribution >= 4 is 50.3 Å². The maximum atomic E-state index is 13.1. The number of hydrogen-bond acceptors (Lipinski definition) is 7. The second-order valence-electron chi connectivity index (χ2n) is 8.29. The Kier molecular flexibility index (Phi) is 6.48. The van der Waals surface area contributed by atoms with E-state index in [9.17, 15) is 27.6 Å². The van der Waals surface area contributed by atoms with Crippen LogP contribution < -0.4 is 15.8 Å². The fourth-order valence-corrected chi connectivity index (χ4v) is 4.30. The van der Waals surface area contributed by atoms with Gasteiger partial charge in [0, 0.05) is 5.69 Å². The molecule has 1 saturated heterocycles. The van der Waals surface area contributed by atoms with E-state index in [1.807, 2.05) is 30.3 Å². The summed E-state index contributed by atoms with van der Waals surface area (Å²) < 4.78 is 27.5. The van der Waals surface area contributed by atoms with Crippen molar-refractivity contribution in [3.63, 3.8) is 0 Å². The summed E-state index contributed by atoms with van der Waals surface area (Å²) in [7, 11) is -3.87. The van der Waals surface area contributed by atoms with Crippen molar-refractivity contribution < 1.29 is 32.3 Å². The average molecular weight is 511 g/mol. The number of carbonyl (C=O) groups is 4. The predicted octanol–water partition coefficient (Wildman–Crippen LogP) is 1.44. The Balaban J connectivity index is 1.35. The first-order chi connectivity index (χ1) is 17.0. The molecule has 11 nitrogen and oxygen atoms in total. The summed E-state index contributed by atoms with van der Waals surface area (Å²) in [5.74, 6) is -2.29. The number of urea groups is 1. The molecule has 186 valence electrons. The molecule has 4 amide bonds. The lowest BCUT2D eigenvalue weighted by atomic mass is 9.90. The number of nitrogens with zero attached hydrogens (tertiary/aromatic N) is 1. The van der Waals surface area contributed by atoms with Gasteiger partial charge < -0.3 is 15.4 Å². The Labute approximate surface area is 206 Å². The molecule has 1 aliphatic heterocycles. The second-order valence-corrected chi connectivity index (χ2v) is 9.85. The van der Waals surface area contributed by atoms with Gasteiger partial charge in [0.2, 0.25) is 10.0 Å². The summed E-state index contributed by atoms with van der Waals surface area (Å²) in [4.78, 5) is 50.5. The summed E-state index contributed by atoms with van der Waals surface area (Å²) in [6.45, 7) is 0.197. The molecule has 12 heteroatoms. The molecular weight excluding hydrogens is 488 g/mol. The normalized spacial score (nSPS) is 17.7. The standard InChI is InChI=1S/C24H22N4O7S/c1-24(17-7-6-15-4-2-3-5-16(15)12-17)22(31)28(23(32)27-24)13-21(30)35-14-20(29)26-18-8-10-19(11-9-18)36(25,33)34/h2-12H,13-14H2,1H3,(H,26,29)(H,27,32)(H2,25,33,34)/t24-/m1/s1. The van der Waals surface area contributed by atoms with Gasteiger partial charge >= 0.3 is 12.0 Å². The third-order valence-electron chi connectivity index (χ3n) is 5.72. The zero-order chi connectivity index (χ0) is 26.1. The van der Waals surface area contributed by atoms with Crippen LogP contribution in [0.15, 0.2) is 71.6 Å². The maximum Gasteiger partial charge on any atom is 0.326 e. The molecule has 1 atom stereocenters. The predicted molar refractivity (Wildman–Crippen MR) is 129 cm³/mol. The SMILES string of the molecule is C[C@]1(c2ccc3ccccc3c2)NC(=O)N(CC(=O)OCC(=O)Nc2ccc(S(N)(=O)=O)cc2)C1=O. The van der Waals surface area contributed by atoms with E-state index in [4.69, 9.17) is 9.88 Å². The molecule has 3 aromatic carbocycles. The van der Waals surface area contributed by atoms with E-state index in [0.717, 1.165) is 15.7 Å². The Morgan fingerprint density at radius 1 is 1.03 bits per heavy atom. The lowest BCUT2D eigenvalue weighted by Crippen LogP contribution is -2.41. The van der Waals surface area contributed by atoms with Crippen LogP contribution in [0.4, 0.5) is 10.5 Å². The van der Waals surface area contributed by atoms with Gasteiger partial charge in [-0.3, -0.25) is 19.3 Å². The molecule has 0 aromatic heterocycles. The Hall–Kier alpha value is -4.29. The van der Waals surface area contributed by atoms with Gasteiger partial charge in [0.05, 0.1) is 4.90 Å². The lowest BCUT2D eigenvalue weighted by Gasteiger charge is -2.22. The minimum atomic E-state index is -3.87. The van der Waals surface area contributed by atoms with Crippen molar-refractivity contribution in [2.45, 2.75) is 17.4 Å². The monoisotopic (exact) mass is 510 g/mol. The highest BCUT2D eigenvalue weighted by Crippen LogP contribution is 2.31. The summed E-state index contributed by atoms with van der Waals surface area (Å²) in [5, 5.41) is 11.9. The van der Waals surface area contributed by atoms with Crippen molar-refractivity contribution in [2.75, 3.05) is 18.5 Å². The fourth-order valence-electron chi connectivity index (χ4n) is 3.78. The van der Waals surface area contributed by atoms with E-state index in [0.29, 0.717) is 5.56 Å². The summed E-state index contributed by atoms with van der Waals surface area (Å²) in [6.07, 6.45) is 0. The van der Waals surface area contributed by atoms with Crippen LogP contribution in [0.1, 0.15) is 12.5 Å². The van der Waals surface area contributed by atoms with Crippen molar-refractivity contribution in [2.24, 2.45) is 5.14 Å². The molecule has 3 aromatic rings. The highest BCUT2D eigenvalue weighted by molar-refractivity contribution is 7.89. The van der Waals surface area contributed by atoms with Crippen molar-refractivity contribution in [1.82, 2.24) is 10.2 Å². The topological polar surface area (TPSA) is 165 Å². The fraction of sp³-hybridized carbons (Fsp3) is 0.167. The number of esters is 1. The number of anilines is 1. The van der Waals surface area contributed by atoms with Crippen LogP contribution in [0, 0.1) is 0 Å². The molecule has 1 heterocycles. The van der Waals surface area contributed by atoms with Crippen molar-refractivity contribution in [1.29, 1.82) is 0 Å². The van der Waals surface area contributed by atoms with Gasteiger partial charge in [-0.15, -0.1) is 0 Å². The number of carbonyl (C=O) groups excluding carboxylic acids is 4. The number of ether oxygens (including phenoxy) is 1. The first-order valence-corrected chi connectivity index (χ1v) is 12.2. The molecule has 0 aliphatic carbocycles. The number of primary sulfonamides is 1. The molecule has 4 rings (SSSR count). The third kappa shape index (κ3) is 5.04. The van der Waals surface area contributed by atoms with Crippen LogP contribution in [0.25, 0.3) is 10.8 Å². The molecule has 36 heavy (non-hydrogen) atoms. The molecular formula is C24H22N4O7S. The Morgan fingerprint density at radius 3 is 2.36 bits per heavy atom. The average Bonchev–Trinajstić information content (AvgIpc) is 3.06. The number of imide groups is 1. The molecule has 0 spiro atoms. The second kappa shape index (κ2) is 9.40. The first kappa shape index (κ1) is 24.8. The van der Waals surface area contributed by atoms with Crippen LogP contribution in [0.2, 0.25) is 0 Å². The summed E-state index contributed by atoms with van der Waals surface area (Å²) in [6, 6.07) is 17.2. The van der Waals surface area contributed by atoms with E-state index >= 15 is 0 Å². The number of nitrogens with one attached hydrogen (secondary N) is 2. The van der Waals surface area contributed by atoms with Crippen LogP contribution in [0.3, 0.4) is 0 Å². The molecule has 4 N–H and O–H groups in total. The zero-order valence-corrected chi connectivity index (χ0v) is 19.9. The number of sulfonamides is 1. The number of rotatable bonds is 7. The molecule has 1 fully saturated rings. The number of fused-ring (bicyclic) bond motifs is 1. The molecule has 0 unspecified atom stereocenters. The summed E-state index contributed by atoms with van der Waals surface area (Å²) in [5.41, 5.74) is -0.561. The highest BCUT2D eigenvalue weighted by Gasteiger charge is 2.49. The van der Waals surface area contributed by atoms with Crippen LogP contribution in [0.5, 0.6) is 0 Å². The van der Waals surface area contributed by atoms with Gasteiger partial charge in [0.1, 0.15) is 12.1 Å². The Morgan fingerprint density at radius 2 is 1.69 bits per heavy atom. The molecule has 0 saturated carbocycles. The van der Waals surface area contributed by atoms with Gasteiger partial charge in [-0.2, -0.15) is 0 Å². The number of hydrogen-bond donors (Lipinski definition) is 3. The maximum absolute atomic E-state index is 13.1. The zero-order valence-electron chi connectivity index (χ0n) is 19.1. The largest absolute Gasteiger partial charge is 0.454 e. The van der Waals surface area contributed by atoms with E-state index in [2.05, 4.69) is 10.6 Å². The van der Waals surface area contributed by atoms with E-state index < -0.39 is 52.5 Å². The first-order valence-electron chi connectivity index (χ1n) is 10.7. The van der Waals surface area contributed by atoms with Crippen molar-refractivity contribution in [3.05, 3.63) is 72.3 Å². The Bertz CT molecular complexity index is 1490. The third-order valence-corrected chi connectivity index (χ3v) is 6.65. The smallest absolute Gasteiger partial charge is 0.326 e. The molecule has 0 bridgehead atoms. The number of benzene rings is 3. The minimum absolute atomic E-state index is 0.129. The van der Waals surface area contributed by atoms with Gasteiger partial charge in [0.15, 0.2) is 6.61 Å². The van der Waals surface area contributed by atoms with Gasteiger partial charge in [-0.05, 0) is 53.6 Å². The van der Waals surface area contributed by atoms with E-state index in [1.54, 1.807) is 19.1 Å². The van der Waals surface area contributed by atoms with E-state index in [1.165, 1.54) is 24.3 Å². The lowest BCUT2D eigenvalue weighted by molar-refractivity contribution is -0.150. The van der Waals surface area contributed by atoms with Crippen molar-refractivity contribution in [3.8, 4) is 0 Å². The number of amides is 4. The summed E-state index contributed by atoms with van der Waals surface area (Å²) >= 11 is 0. The van der Waals surface area contributed by atoms with Crippen LogP contribution in [-0.4, -0.2) is 50.3 Å². The van der Waals surface area contributed by atoms with Crippen LogP contribution in [-0.2, 0) is 34.7 Å². The highest BCUT2D eigenvalue weighted by atomic mass is 32.2. The van der Waals surface area contributed by atoms with E-state index in [-0.39, 0.29) is 10.6 Å². The quantitative estimate of drug-likeness (QED) is 0.319. The van der Waals surface area contributed by atoms with Crippen LogP contribution >= 0.6 is 0 Å². The molecule has 0 radical (unpaired) electrons. The minimum Gasteiger partial charge on any atom is -0.454 e. The number of nitrogens with two attached hydrogens (primary N) is 1. The van der Waals surface area contributed by atoms with Gasteiger partial charge in [0.25, 0.3) is 11.8 Å².